The minimum Gasteiger partial charge on any atom is -0.481 e. The number of carboxylic acid groups (broad SMARTS) is 1. The largest absolute Gasteiger partial charge is 0.481 e. The number of aliphatic carboxylic acids is 1. The van der Waals surface area contributed by atoms with Crippen molar-refractivity contribution in [3.63, 3.8) is 0 Å². The van der Waals surface area contributed by atoms with E-state index in [1.54, 1.807) is 39.0 Å². The number of benzene rings is 1. The zero-order valence-electron chi connectivity index (χ0n) is 13.4. The van der Waals surface area contributed by atoms with Gasteiger partial charge >= 0.3 is 5.97 Å². The second-order valence-corrected chi connectivity index (χ2v) is 5.70. The van der Waals surface area contributed by atoms with Crippen molar-refractivity contribution in [2.75, 3.05) is 6.54 Å². The van der Waals surface area contributed by atoms with Gasteiger partial charge in [0.05, 0.1) is 5.41 Å². The standard InChI is InChI=1S/C17H24FNO3/c1-4-17(5-2,16(21)22)11-19-15(20)10-12(3)13-8-6-7-9-14(13)18/h6-9,12H,4-5,10-11H2,1-3H3,(H,19,20)(H,21,22). The third-order valence-electron chi connectivity index (χ3n) is 4.36. The average Bonchev–Trinajstić information content (AvgIpc) is 2.48. The van der Waals surface area contributed by atoms with Gasteiger partial charge in [-0.15, -0.1) is 0 Å². The van der Waals surface area contributed by atoms with Crippen LogP contribution in [0.3, 0.4) is 0 Å². The molecular weight excluding hydrogens is 285 g/mol. The number of carbonyl (C=O) groups is 2. The zero-order chi connectivity index (χ0) is 16.8. The molecule has 22 heavy (non-hydrogen) atoms. The van der Waals surface area contributed by atoms with Crippen LogP contribution < -0.4 is 5.32 Å². The number of hydrogen-bond acceptors (Lipinski definition) is 2. The van der Waals surface area contributed by atoms with E-state index in [1.807, 2.05) is 0 Å². The molecule has 0 bridgehead atoms. The maximum Gasteiger partial charge on any atom is 0.311 e. The molecule has 0 aromatic heterocycles. The molecule has 0 aliphatic heterocycles. The van der Waals surface area contributed by atoms with Crippen LogP contribution in [0, 0.1) is 11.2 Å². The molecule has 1 aromatic rings. The van der Waals surface area contributed by atoms with Crippen LogP contribution in [-0.4, -0.2) is 23.5 Å². The van der Waals surface area contributed by atoms with Gasteiger partial charge in [-0.05, 0) is 30.4 Å². The lowest BCUT2D eigenvalue weighted by Crippen LogP contribution is -2.42. The first-order valence-corrected chi connectivity index (χ1v) is 7.60. The van der Waals surface area contributed by atoms with Crippen molar-refractivity contribution in [2.45, 2.75) is 46.0 Å². The van der Waals surface area contributed by atoms with E-state index in [1.165, 1.54) is 6.07 Å². The van der Waals surface area contributed by atoms with Gasteiger partial charge in [0, 0.05) is 13.0 Å². The molecule has 1 atom stereocenters. The van der Waals surface area contributed by atoms with Crippen molar-refractivity contribution in [3.05, 3.63) is 35.6 Å². The van der Waals surface area contributed by atoms with Gasteiger partial charge in [-0.3, -0.25) is 9.59 Å². The lowest BCUT2D eigenvalue weighted by atomic mass is 9.82. The van der Waals surface area contributed by atoms with Gasteiger partial charge in [0.2, 0.25) is 5.91 Å². The van der Waals surface area contributed by atoms with E-state index < -0.39 is 11.4 Å². The highest BCUT2D eigenvalue weighted by Gasteiger charge is 2.35. The maximum atomic E-state index is 13.7. The molecule has 1 amide bonds. The summed E-state index contributed by atoms with van der Waals surface area (Å²) in [5, 5.41) is 12.0. The normalized spacial score (nSPS) is 12.7. The quantitative estimate of drug-likeness (QED) is 0.774. The molecule has 0 saturated heterocycles. The summed E-state index contributed by atoms with van der Waals surface area (Å²) in [6.45, 7) is 5.47. The van der Waals surface area contributed by atoms with Gasteiger partial charge < -0.3 is 10.4 Å². The fraction of sp³-hybridized carbons (Fsp3) is 0.529. The summed E-state index contributed by atoms with van der Waals surface area (Å²) in [4.78, 5) is 23.4. The summed E-state index contributed by atoms with van der Waals surface area (Å²) < 4.78 is 13.7. The number of carbonyl (C=O) groups excluding carboxylic acids is 1. The van der Waals surface area contributed by atoms with Crippen molar-refractivity contribution >= 4 is 11.9 Å². The van der Waals surface area contributed by atoms with Gasteiger partial charge in [0.15, 0.2) is 0 Å². The second kappa shape index (κ2) is 7.92. The molecule has 0 saturated carbocycles. The first-order chi connectivity index (χ1) is 10.4. The van der Waals surface area contributed by atoms with Crippen LogP contribution in [0.4, 0.5) is 4.39 Å². The summed E-state index contributed by atoms with van der Waals surface area (Å²) in [5.74, 6) is -1.75. The highest BCUT2D eigenvalue weighted by molar-refractivity contribution is 5.79. The Bertz CT molecular complexity index is 526. The summed E-state index contributed by atoms with van der Waals surface area (Å²) in [6.07, 6.45) is 1.02. The van der Waals surface area contributed by atoms with E-state index in [0.29, 0.717) is 18.4 Å². The smallest absolute Gasteiger partial charge is 0.311 e. The molecule has 0 aliphatic rings. The maximum absolute atomic E-state index is 13.7. The summed E-state index contributed by atoms with van der Waals surface area (Å²) in [6, 6.07) is 6.37. The number of carboxylic acids is 1. The summed E-state index contributed by atoms with van der Waals surface area (Å²) in [7, 11) is 0. The van der Waals surface area contributed by atoms with Gasteiger partial charge in [-0.2, -0.15) is 0 Å². The Kier molecular flexibility index (Phi) is 6.53. The average molecular weight is 309 g/mol. The fourth-order valence-corrected chi connectivity index (χ4v) is 2.48. The Hall–Kier alpha value is -1.91. The number of nitrogens with one attached hydrogen (secondary N) is 1. The molecule has 0 spiro atoms. The summed E-state index contributed by atoms with van der Waals surface area (Å²) in [5.41, 5.74) is -0.440. The van der Waals surface area contributed by atoms with E-state index in [0.717, 1.165) is 0 Å². The minimum atomic E-state index is -0.934. The van der Waals surface area contributed by atoms with Crippen LogP contribution in [0.25, 0.3) is 0 Å². The Labute approximate surface area is 130 Å². The van der Waals surface area contributed by atoms with Crippen molar-refractivity contribution in [1.82, 2.24) is 5.32 Å². The molecule has 1 aromatic carbocycles. The van der Waals surface area contributed by atoms with E-state index in [-0.39, 0.29) is 30.6 Å². The predicted molar refractivity (Wildman–Crippen MR) is 83.1 cm³/mol. The fourth-order valence-electron chi connectivity index (χ4n) is 2.48. The van der Waals surface area contributed by atoms with Gasteiger partial charge in [0.25, 0.3) is 0 Å². The van der Waals surface area contributed by atoms with E-state index >= 15 is 0 Å². The van der Waals surface area contributed by atoms with Crippen molar-refractivity contribution in [3.8, 4) is 0 Å². The van der Waals surface area contributed by atoms with Crippen molar-refractivity contribution < 1.29 is 19.1 Å². The molecule has 0 radical (unpaired) electrons. The molecular formula is C17H24FNO3. The van der Waals surface area contributed by atoms with Gasteiger partial charge in [0.1, 0.15) is 5.82 Å². The molecule has 0 aliphatic carbocycles. The van der Waals surface area contributed by atoms with Crippen LogP contribution >= 0.6 is 0 Å². The van der Waals surface area contributed by atoms with Crippen LogP contribution in [0.2, 0.25) is 0 Å². The highest BCUT2D eigenvalue weighted by atomic mass is 19.1. The molecule has 122 valence electrons. The monoisotopic (exact) mass is 309 g/mol. The van der Waals surface area contributed by atoms with E-state index in [2.05, 4.69) is 5.32 Å². The highest BCUT2D eigenvalue weighted by Crippen LogP contribution is 2.26. The summed E-state index contributed by atoms with van der Waals surface area (Å²) >= 11 is 0. The Morgan fingerprint density at radius 1 is 1.27 bits per heavy atom. The second-order valence-electron chi connectivity index (χ2n) is 5.70. The minimum absolute atomic E-state index is 0.0954. The molecule has 0 fully saturated rings. The molecule has 4 nitrogen and oxygen atoms in total. The Morgan fingerprint density at radius 3 is 2.36 bits per heavy atom. The topological polar surface area (TPSA) is 66.4 Å². The molecule has 0 heterocycles. The first kappa shape index (κ1) is 18.1. The third kappa shape index (κ3) is 4.29. The van der Waals surface area contributed by atoms with Crippen LogP contribution in [0.1, 0.15) is 51.5 Å². The number of halogens is 1. The molecule has 2 N–H and O–H groups in total. The number of amides is 1. The molecule has 1 unspecified atom stereocenters. The van der Waals surface area contributed by atoms with Crippen molar-refractivity contribution in [1.29, 1.82) is 0 Å². The van der Waals surface area contributed by atoms with Gasteiger partial charge in [-0.1, -0.05) is 39.0 Å². The zero-order valence-corrected chi connectivity index (χ0v) is 13.4. The van der Waals surface area contributed by atoms with E-state index in [4.69, 9.17) is 0 Å². The lowest BCUT2D eigenvalue weighted by Gasteiger charge is -2.27. The SMILES string of the molecule is CCC(CC)(CNC(=O)CC(C)c1ccccc1F)C(=O)O. The predicted octanol–water partition coefficient (Wildman–Crippen LogP) is 3.33. The van der Waals surface area contributed by atoms with Crippen LogP contribution in [0.15, 0.2) is 24.3 Å². The first-order valence-electron chi connectivity index (χ1n) is 7.60. The van der Waals surface area contributed by atoms with Crippen LogP contribution in [-0.2, 0) is 9.59 Å². The molecule has 5 heteroatoms. The number of hydrogen-bond donors (Lipinski definition) is 2. The van der Waals surface area contributed by atoms with Crippen LogP contribution in [0.5, 0.6) is 0 Å². The Morgan fingerprint density at radius 2 is 1.86 bits per heavy atom. The van der Waals surface area contributed by atoms with E-state index in [9.17, 15) is 19.1 Å². The van der Waals surface area contributed by atoms with Gasteiger partial charge in [-0.25, -0.2) is 4.39 Å². The lowest BCUT2D eigenvalue weighted by molar-refractivity contribution is -0.149. The number of rotatable bonds is 8. The van der Waals surface area contributed by atoms with Crippen molar-refractivity contribution in [2.24, 2.45) is 5.41 Å². The Balaban J connectivity index is 2.63. The third-order valence-corrected chi connectivity index (χ3v) is 4.36. The molecule has 1 rings (SSSR count).